The van der Waals surface area contributed by atoms with E-state index in [9.17, 15) is 9.59 Å². The second-order valence-electron chi connectivity index (χ2n) is 6.82. The van der Waals surface area contributed by atoms with Crippen LogP contribution in [0.4, 0.5) is 21.9 Å². The fraction of sp³-hybridized carbons (Fsp3) is 0.556. The monoisotopic (exact) mass is 350 g/mol. The van der Waals surface area contributed by atoms with Gasteiger partial charge in [0.05, 0.1) is 17.9 Å². The minimum atomic E-state index is -0.576. The van der Waals surface area contributed by atoms with Crippen LogP contribution in [0.5, 0.6) is 0 Å². The predicted molar refractivity (Wildman–Crippen MR) is 102 cm³/mol. The Labute approximate surface area is 150 Å². The standard InChI is InChI=1S/C18H30N4O3/c1-7-22(8-2)16(23)12-21(6)15-11-13(9-10-14(15)19)20-17(24)25-18(3,4)5/h9-11H,7-8,12,19H2,1-6H3,(H,20,24). The van der Waals surface area contributed by atoms with Crippen molar-refractivity contribution < 1.29 is 14.3 Å². The Morgan fingerprint density at radius 3 is 2.32 bits per heavy atom. The first-order valence-corrected chi connectivity index (χ1v) is 8.45. The van der Waals surface area contributed by atoms with Gasteiger partial charge in [0.2, 0.25) is 5.91 Å². The molecule has 0 radical (unpaired) electrons. The number of nitrogen functional groups attached to an aromatic ring is 1. The molecule has 0 aliphatic heterocycles. The molecular formula is C18H30N4O3. The molecule has 0 aliphatic carbocycles. The van der Waals surface area contributed by atoms with Gasteiger partial charge in [-0.3, -0.25) is 10.1 Å². The van der Waals surface area contributed by atoms with E-state index in [0.717, 1.165) is 0 Å². The van der Waals surface area contributed by atoms with Gasteiger partial charge < -0.3 is 20.3 Å². The molecule has 1 aromatic rings. The van der Waals surface area contributed by atoms with E-state index < -0.39 is 11.7 Å². The van der Waals surface area contributed by atoms with Crippen molar-refractivity contribution in [1.29, 1.82) is 0 Å². The molecule has 3 N–H and O–H groups in total. The van der Waals surface area contributed by atoms with Gasteiger partial charge in [-0.05, 0) is 52.8 Å². The van der Waals surface area contributed by atoms with Crippen LogP contribution >= 0.6 is 0 Å². The average molecular weight is 350 g/mol. The number of nitrogens with two attached hydrogens (primary N) is 1. The maximum Gasteiger partial charge on any atom is 0.412 e. The van der Waals surface area contributed by atoms with Gasteiger partial charge in [-0.2, -0.15) is 0 Å². The summed E-state index contributed by atoms with van der Waals surface area (Å²) in [7, 11) is 1.80. The predicted octanol–water partition coefficient (Wildman–Crippen LogP) is 2.92. The van der Waals surface area contributed by atoms with Crippen molar-refractivity contribution in [2.24, 2.45) is 0 Å². The van der Waals surface area contributed by atoms with Gasteiger partial charge >= 0.3 is 6.09 Å². The lowest BCUT2D eigenvalue weighted by Gasteiger charge is -2.26. The van der Waals surface area contributed by atoms with Crippen molar-refractivity contribution in [3.63, 3.8) is 0 Å². The lowest BCUT2D eigenvalue weighted by Crippen LogP contribution is -2.39. The Balaban J connectivity index is 2.86. The zero-order chi connectivity index (χ0) is 19.2. The van der Waals surface area contributed by atoms with Crippen LogP contribution < -0.4 is 16.0 Å². The molecule has 0 atom stereocenters. The molecule has 0 fully saturated rings. The number of ether oxygens (including phenoxy) is 1. The van der Waals surface area contributed by atoms with E-state index in [0.29, 0.717) is 30.2 Å². The summed E-state index contributed by atoms with van der Waals surface area (Å²) in [5.41, 5.74) is 7.22. The van der Waals surface area contributed by atoms with Crippen molar-refractivity contribution in [3.05, 3.63) is 18.2 Å². The minimum absolute atomic E-state index is 0.0254. The molecule has 25 heavy (non-hydrogen) atoms. The number of amides is 2. The fourth-order valence-corrected chi connectivity index (χ4v) is 2.34. The van der Waals surface area contributed by atoms with Crippen LogP contribution in [-0.4, -0.2) is 49.2 Å². The SMILES string of the molecule is CCN(CC)C(=O)CN(C)c1cc(NC(=O)OC(C)(C)C)ccc1N. The number of hydrogen-bond acceptors (Lipinski definition) is 5. The minimum Gasteiger partial charge on any atom is -0.444 e. The van der Waals surface area contributed by atoms with E-state index in [2.05, 4.69) is 5.32 Å². The van der Waals surface area contributed by atoms with E-state index in [4.69, 9.17) is 10.5 Å². The van der Waals surface area contributed by atoms with E-state index in [1.54, 1.807) is 55.8 Å². The Morgan fingerprint density at radius 2 is 1.80 bits per heavy atom. The maximum absolute atomic E-state index is 12.3. The van der Waals surface area contributed by atoms with Crippen LogP contribution in [0, 0.1) is 0 Å². The lowest BCUT2D eigenvalue weighted by atomic mass is 10.2. The summed E-state index contributed by atoms with van der Waals surface area (Å²) in [4.78, 5) is 27.7. The smallest absolute Gasteiger partial charge is 0.412 e. The highest BCUT2D eigenvalue weighted by Gasteiger charge is 2.18. The number of rotatable bonds is 6. The van der Waals surface area contributed by atoms with E-state index in [-0.39, 0.29) is 12.5 Å². The Kier molecular flexibility index (Phi) is 7.09. The van der Waals surface area contributed by atoms with Crippen LogP contribution in [0.3, 0.4) is 0 Å². The van der Waals surface area contributed by atoms with Gasteiger partial charge in [0.15, 0.2) is 0 Å². The van der Waals surface area contributed by atoms with Gasteiger partial charge in [0.25, 0.3) is 0 Å². The largest absolute Gasteiger partial charge is 0.444 e. The topological polar surface area (TPSA) is 87.9 Å². The van der Waals surface area contributed by atoms with Crippen molar-refractivity contribution >= 4 is 29.1 Å². The number of hydrogen-bond donors (Lipinski definition) is 2. The third kappa shape index (κ3) is 6.52. The van der Waals surface area contributed by atoms with Crippen LogP contribution in [0.25, 0.3) is 0 Å². The summed E-state index contributed by atoms with van der Waals surface area (Å²) in [5.74, 6) is 0.0254. The summed E-state index contributed by atoms with van der Waals surface area (Å²) in [6.07, 6.45) is -0.537. The zero-order valence-electron chi connectivity index (χ0n) is 16.0. The molecule has 0 heterocycles. The van der Waals surface area contributed by atoms with Crippen LogP contribution in [0.1, 0.15) is 34.6 Å². The van der Waals surface area contributed by atoms with Gasteiger partial charge in [-0.15, -0.1) is 0 Å². The van der Waals surface area contributed by atoms with Gasteiger partial charge in [-0.25, -0.2) is 4.79 Å². The highest BCUT2D eigenvalue weighted by molar-refractivity contribution is 5.88. The summed E-state index contributed by atoms with van der Waals surface area (Å²) >= 11 is 0. The highest BCUT2D eigenvalue weighted by Crippen LogP contribution is 2.26. The molecule has 0 saturated carbocycles. The molecule has 0 bridgehead atoms. The zero-order valence-corrected chi connectivity index (χ0v) is 16.0. The number of benzene rings is 1. The van der Waals surface area contributed by atoms with Crippen molar-refractivity contribution in [2.45, 2.75) is 40.2 Å². The summed E-state index contributed by atoms with van der Waals surface area (Å²) in [6, 6.07) is 5.12. The Hall–Kier alpha value is -2.44. The number of nitrogens with zero attached hydrogens (tertiary/aromatic N) is 2. The summed E-state index contributed by atoms with van der Waals surface area (Å²) in [5, 5.41) is 2.68. The average Bonchev–Trinajstić information content (AvgIpc) is 2.48. The van der Waals surface area contributed by atoms with Gasteiger partial charge in [-0.1, -0.05) is 0 Å². The fourth-order valence-electron chi connectivity index (χ4n) is 2.34. The lowest BCUT2D eigenvalue weighted by molar-refractivity contribution is -0.129. The molecular weight excluding hydrogens is 320 g/mol. The molecule has 2 amide bonds. The normalized spacial score (nSPS) is 11.0. The van der Waals surface area contributed by atoms with E-state index >= 15 is 0 Å². The second kappa shape index (κ2) is 8.60. The highest BCUT2D eigenvalue weighted by atomic mass is 16.6. The molecule has 0 unspecified atom stereocenters. The molecule has 7 heteroatoms. The number of carbonyl (C=O) groups is 2. The molecule has 0 aliphatic rings. The molecule has 1 aromatic carbocycles. The molecule has 1 rings (SSSR count). The van der Waals surface area contributed by atoms with E-state index in [1.165, 1.54) is 0 Å². The molecule has 0 aromatic heterocycles. The van der Waals surface area contributed by atoms with Crippen LogP contribution in [0.2, 0.25) is 0 Å². The Bertz CT molecular complexity index is 607. The first kappa shape index (κ1) is 20.6. The van der Waals surface area contributed by atoms with Crippen LogP contribution in [-0.2, 0) is 9.53 Å². The number of likely N-dealkylation sites (N-methyl/N-ethyl adjacent to an activating group) is 2. The van der Waals surface area contributed by atoms with Gasteiger partial charge in [0.1, 0.15) is 5.60 Å². The summed E-state index contributed by atoms with van der Waals surface area (Å²) < 4.78 is 5.24. The molecule has 140 valence electrons. The quantitative estimate of drug-likeness (QED) is 0.770. The molecule has 0 saturated heterocycles. The van der Waals surface area contributed by atoms with E-state index in [1.807, 2.05) is 13.8 Å². The first-order valence-electron chi connectivity index (χ1n) is 8.45. The third-order valence-corrected chi connectivity index (χ3v) is 3.58. The van der Waals surface area contributed by atoms with Gasteiger partial charge in [0, 0.05) is 25.8 Å². The molecule has 7 nitrogen and oxygen atoms in total. The first-order chi connectivity index (χ1) is 11.6. The number of nitrogens with one attached hydrogen (secondary N) is 1. The number of carbonyl (C=O) groups excluding carboxylic acids is 2. The summed E-state index contributed by atoms with van der Waals surface area (Å²) in [6.45, 7) is 10.8. The van der Waals surface area contributed by atoms with Crippen molar-refractivity contribution in [1.82, 2.24) is 4.90 Å². The Morgan fingerprint density at radius 1 is 1.20 bits per heavy atom. The maximum atomic E-state index is 12.3. The third-order valence-electron chi connectivity index (χ3n) is 3.58. The molecule has 0 spiro atoms. The van der Waals surface area contributed by atoms with Crippen molar-refractivity contribution in [3.8, 4) is 0 Å². The van der Waals surface area contributed by atoms with Crippen molar-refractivity contribution in [2.75, 3.05) is 42.6 Å². The second-order valence-corrected chi connectivity index (χ2v) is 6.82. The van der Waals surface area contributed by atoms with Crippen LogP contribution in [0.15, 0.2) is 18.2 Å². The number of anilines is 3.